The third-order valence-electron chi connectivity index (χ3n) is 3.07. The molecule has 1 unspecified atom stereocenters. The van der Waals surface area contributed by atoms with Gasteiger partial charge in [0, 0.05) is 0 Å². The summed E-state index contributed by atoms with van der Waals surface area (Å²) in [5.41, 5.74) is 1.90. The average molecular weight is 403 g/mol. The number of hydrogen-bond acceptors (Lipinski definition) is 2. The summed E-state index contributed by atoms with van der Waals surface area (Å²) in [6.07, 6.45) is 0. The van der Waals surface area contributed by atoms with E-state index in [2.05, 4.69) is 37.2 Å². The number of hydrogen-bond donors (Lipinski definition) is 1. The van der Waals surface area contributed by atoms with Gasteiger partial charge in [-0.15, -0.1) is 0 Å². The molecule has 0 aliphatic heterocycles. The zero-order chi connectivity index (χ0) is 14.7. The first kappa shape index (κ1) is 15.5. The maximum absolute atomic E-state index is 13.7. The predicted octanol–water partition coefficient (Wildman–Crippen LogP) is 4.67. The van der Waals surface area contributed by atoms with Crippen LogP contribution in [-0.4, -0.2) is 14.2 Å². The van der Waals surface area contributed by atoms with Crippen LogP contribution < -0.4 is 10.1 Å². The smallest absolute Gasteiger partial charge is 0.137 e. The Morgan fingerprint density at radius 3 is 2.25 bits per heavy atom. The summed E-state index contributed by atoms with van der Waals surface area (Å²) >= 11 is 6.64. The van der Waals surface area contributed by atoms with E-state index in [4.69, 9.17) is 4.74 Å². The molecule has 0 saturated heterocycles. The first-order valence-electron chi connectivity index (χ1n) is 6.02. The fourth-order valence-electron chi connectivity index (χ4n) is 2.08. The van der Waals surface area contributed by atoms with Gasteiger partial charge >= 0.3 is 0 Å². The molecule has 2 aromatic carbocycles. The lowest BCUT2D eigenvalue weighted by molar-refractivity contribution is 0.412. The van der Waals surface area contributed by atoms with Crippen molar-refractivity contribution in [2.24, 2.45) is 0 Å². The minimum Gasteiger partial charge on any atom is -0.496 e. The van der Waals surface area contributed by atoms with Crippen molar-refractivity contribution in [3.63, 3.8) is 0 Å². The van der Waals surface area contributed by atoms with Crippen LogP contribution in [0.3, 0.4) is 0 Å². The molecular weight excluding hydrogens is 389 g/mol. The van der Waals surface area contributed by atoms with Crippen LogP contribution in [-0.2, 0) is 0 Å². The minimum atomic E-state index is -0.268. The van der Waals surface area contributed by atoms with Crippen LogP contribution in [0.25, 0.3) is 0 Å². The lowest BCUT2D eigenvalue weighted by atomic mass is 9.99. The van der Waals surface area contributed by atoms with Gasteiger partial charge in [0.1, 0.15) is 11.6 Å². The van der Waals surface area contributed by atoms with Gasteiger partial charge in [-0.25, -0.2) is 4.39 Å². The van der Waals surface area contributed by atoms with Gasteiger partial charge in [-0.05, 0) is 74.3 Å². The SMILES string of the molecule is CNC(c1ccc(Br)c(F)c1)c1ccc(OC)c(Br)c1. The van der Waals surface area contributed by atoms with Crippen molar-refractivity contribution in [1.82, 2.24) is 5.32 Å². The van der Waals surface area contributed by atoms with Crippen molar-refractivity contribution in [2.45, 2.75) is 6.04 Å². The average Bonchev–Trinajstić information content (AvgIpc) is 2.44. The molecule has 0 bridgehead atoms. The molecule has 0 aromatic heterocycles. The van der Waals surface area contributed by atoms with Crippen molar-refractivity contribution in [3.8, 4) is 5.75 Å². The van der Waals surface area contributed by atoms with E-state index >= 15 is 0 Å². The van der Waals surface area contributed by atoms with E-state index in [9.17, 15) is 4.39 Å². The Hall–Kier alpha value is -0.910. The molecule has 1 atom stereocenters. The molecule has 2 nitrogen and oxygen atoms in total. The summed E-state index contributed by atoms with van der Waals surface area (Å²) in [6, 6.07) is 10.9. The maximum Gasteiger partial charge on any atom is 0.137 e. The first-order chi connectivity index (χ1) is 9.56. The van der Waals surface area contributed by atoms with Crippen LogP contribution in [0.4, 0.5) is 4.39 Å². The van der Waals surface area contributed by atoms with Gasteiger partial charge in [0.05, 0.1) is 22.1 Å². The van der Waals surface area contributed by atoms with E-state index in [0.29, 0.717) is 4.47 Å². The molecule has 0 spiro atoms. The highest BCUT2D eigenvalue weighted by Crippen LogP contribution is 2.31. The molecule has 0 fully saturated rings. The zero-order valence-electron chi connectivity index (χ0n) is 11.1. The summed E-state index contributed by atoms with van der Waals surface area (Å²) in [5.74, 6) is 0.501. The second kappa shape index (κ2) is 6.70. The fraction of sp³-hybridized carbons (Fsp3) is 0.200. The van der Waals surface area contributed by atoms with Crippen LogP contribution in [0, 0.1) is 5.82 Å². The minimum absolute atomic E-state index is 0.0835. The molecule has 0 saturated carbocycles. The van der Waals surface area contributed by atoms with Crippen molar-refractivity contribution in [2.75, 3.05) is 14.2 Å². The monoisotopic (exact) mass is 401 g/mol. The Bertz CT molecular complexity index is 619. The third kappa shape index (κ3) is 3.22. The molecule has 0 radical (unpaired) electrons. The van der Waals surface area contributed by atoms with Gasteiger partial charge < -0.3 is 10.1 Å². The second-order valence-corrected chi connectivity index (χ2v) is 6.00. The van der Waals surface area contributed by atoms with Gasteiger partial charge in [-0.2, -0.15) is 0 Å². The van der Waals surface area contributed by atoms with Crippen molar-refractivity contribution in [3.05, 3.63) is 62.3 Å². The van der Waals surface area contributed by atoms with Gasteiger partial charge in [0.25, 0.3) is 0 Å². The van der Waals surface area contributed by atoms with Gasteiger partial charge in [0.15, 0.2) is 0 Å². The Labute approximate surface area is 134 Å². The van der Waals surface area contributed by atoms with Gasteiger partial charge in [-0.3, -0.25) is 0 Å². The Balaban J connectivity index is 2.41. The topological polar surface area (TPSA) is 21.3 Å². The molecule has 2 aromatic rings. The number of rotatable bonds is 4. The van der Waals surface area contributed by atoms with Crippen molar-refractivity contribution >= 4 is 31.9 Å². The van der Waals surface area contributed by atoms with Crippen LogP contribution in [0.5, 0.6) is 5.75 Å². The molecular formula is C15H14Br2FNO. The highest BCUT2D eigenvalue weighted by molar-refractivity contribution is 9.10. The zero-order valence-corrected chi connectivity index (χ0v) is 14.3. The molecule has 0 aliphatic carbocycles. The molecule has 106 valence electrons. The summed E-state index contributed by atoms with van der Waals surface area (Å²) in [6.45, 7) is 0. The maximum atomic E-state index is 13.7. The Kier molecular flexibility index (Phi) is 5.18. The van der Waals surface area contributed by atoms with Crippen LogP contribution in [0.1, 0.15) is 17.2 Å². The van der Waals surface area contributed by atoms with Crippen LogP contribution in [0.15, 0.2) is 45.3 Å². The lowest BCUT2D eigenvalue weighted by Crippen LogP contribution is -2.17. The number of methoxy groups -OCH3 is 1. The normalized spacial score (nSPS) is 12.2. The number of halogens is 3. The van der Waals surface area contributed by atoms with Gasteiger partial charge in [-0.1, -0.05) is 12.1 Å². The predicted molar refractivity (Wildman–Crippen MR) is 85.7 cm³/mol. The standard InChI is InChI=1S/C15H14Br2FNO/c1-19-15(10-3-5-11(16)13(18)8-10)9-4-6-14(20-2)12(17)7-9/h3-8,15,19H,1-2H3. The molecule has 20 heavy (non-hydrogen) atoms. The highest BCUT2D eigenvalue weighted by atomic mass is 79.9. The van der Waals surface area contributed by atoms with E-state index in [-0.39, 0.29) is 11.9 Å². The summed E-state index contributed by atoms with van der Waals surface area (Å²) in [7, 11) is 3.47. The number of ether oxygens (including phenoxy) is 1. The first-order valence-corrected chi connectivity index (χ1v) is 7.61. The molecule has 2 rings (SSSR count). The van der Waals surface area contributed by atoms with Crippen LogP contribution in [0.2, 0.25) is 0 Å². The van der Waals surface area contributed by atoms with E-state index in [1.165, 1.54) is 6.07 Å². The van der Waals surface area contributed by atoms with Crippen LogP contribution >= 0.6 is 31.9 Å². The quantitative estimate of drug-likeness (QED) is 0.802. The van der Waals surface area contributed by atoms with Gasteiger partial charge in [0.2, 0.25) is 0 Å². The molecule has 0 heterocycles. The van der Waals surface area contributed by atoms with E-state index < -0.39 is 0 Å². The molecule has 5 heteroatoms. The van der Waals surface area contributed by atoms with Crippen molar-refractivity contribution in [1.29, 1.82) is 0 Å². The lowest BCUT2D eigenvalue weighted by Gasteiger charge is -2.18. The molecule has 0 amide bonds. The van der Waals surface area contributed by atoms with E-state index in [0.717, 1.165) is 21.3 Å². The second-order valence-electron chi connectivity index (χ2n) is 4.29. The summed E-state index contributed by atoms with van der Waals surface area (Å²) < 4.78 is 20.2. The summed E-state index contributed by atoms with van der Waals surface area (Å²) in [5, 5.41) is 3.20. The number of benzene rings is 2. The highest BCUT2D eigenvalue weighted by Gasteiger charge is 2.15. The Morgan fingerprint density at radius 1 is 1.05 bits per heavy atom. The third-order valence-corrected chi connectivity index (χ3v) is 4.34. The fourth-order valence-corrected chi connectivity index (χ4v) is 2.88. The molecule has 1 N–H and O–H groups in total. The molecule has 0 aliphatic rings. The van der Waals surface area contributed by atoms with Crippen molar-refractivity contribution < 1.29 is 9.13 Å². The summed E-state index contributed by atoms with van der Waals surface area (Å²) in [4.78, 5) is 0. The van der Waals surface area contributed by atoms with E-state index in [1.807, 2.05) is 31.3 Å². The van der Waals surface area contributed by atoms with E-state index in [1.54, 1.807) is 13.2 Å². The largest absolute Gasteiger partial charge is 0.496 e. The number of nitrogens with one attached hydrogen (secondary N) is 1. The Morgan fingerprint density at radius 2 is 1.70 bits per heavy atom.